The molecule has 0 aliphatic heterocycles. The van der Waals surface area contributed by atoms with E-state index in [4.69, 9.17) is 24.0 Å². The first-order valence-corrected chi connectivity index (χ1v) is 1.02. The van der Waals surface area contributed by atoms with E-state index in [1.54, 1.807) is 0 Å². The van der Waals surface area contributed by atoms with Gasteiger partial charge in [0.2, 0.25) is 0 Å². The molecule has 5 nitrogen and oxygen atoms in total. The third-order valence-corrected chi connectivity index (χ3v) is 0. The van der Waals surface area contributed by atoms with Crippen molar-refractivity contribution in [2.24, 2.45) is 0 Å². The molecule has 12 radical (unpaired) electrons. The molecule has 0 aliphatic rings. The molecule has 7 heteroatoms. The van der Waals surface area contributed by atoms with E-state index in [-0.39, 0.29) is 29.5 Å². The molecule has 0 amide bonds. The summed E-state index contributed by atoms with van der Waals surface area (Å²) in [4.78, 5) is 37.5. The van der Waals surface area contributed by atoms with Crippen molar-refractivity contribution < 1.29 is 41.0 Å². The molecule has 0 bridgehead atoms. The van der Waals surface area contributed by atoms with Gasteiger partial charge in [-0.2, -0.15) is 0 Å². The molecule has 0 aromatic carbocycles. The molecular weight excluding hydrogens is 230 g/mol. The first kappa shape index (κ1) is 66.6. The van der Waals surface area contributed by atoms with Crippen molar-refractivity contribution in [2.45, 2.75) is 0 Å². The number of hydrogen-bond acceptors (Lipinski definition) is 5. The monoisotopic (exact) mass is 230 g/mol. The van der Waals surface area contributed by atoms with E-state index < -0.39 is 0 Å². The molecule has 0 rings (SSSR count). The molecule has 0 aliphatic carbocycles. The van der Waals surface area contributed by atoms with Crippen LogP contribution in [0.5, 0.6) is 0 Å². The van der Waals surface area contributed by atoms with E-state index in [0.29, 0.717) is 0 Å². The zero-order valence-electron chi connectivity index (χ0n) is 5.30. The number of hydrogen-bond donors (Lipinski definition) is 0. The topological polar surface area (TPSA) is 85.3 Å². The van der Waals surface area contributed by atoms with E-state index >= 15 is 0 Å². The number of halogens is 1. The van der Waals surface area contributed by atoms with Crippen LogP contribution in [-0.2, 0) is 41.0 Å². The van der Waals surface area contributed by atoms with E-state index in [0.717, 1.165) is 0 Å². The van der Waals surface area contributed by atoms with Crippen LogP contribution in [0.3, 0.4) is 0 Å². The maximum absolute atomic E-state index is 7.50. The van der Waals surface area contributed by atoms with Crippen molar-refractivity contribution in [1.82, 2.24) is 0 Å². The first-order chi connectivity index (χ1) is 5.00. The van der Waals surface area contributed by atoms with Crippen molar-refractivity contribution in [3.05, 3.63) is 0 Å². The van der Waals surface area contributed by atoms with Crippen LogP contribution in [0.2, 0.25) is 0 Å². The molecule has 0 N–H and O–H groups in total. The van der Waals surface area contributed by atoms with Gasteiger partial charge in [-0.25, -0.2) is 0 Å². The molecule has 0 fully saturated rings. The Bertz CT molecular complexity index is 31.4. The third kappa shape index (κ3) is 863. The zero-order chi connectivity index (χ0) is 10.0. The summed E-state index contributed by atoms with van der Waals surface area (Å²) in [5.41, 5.74) is 0. The number of carbonyl (C=O) groups excluding carboxylic acids is 5. The molecule has 0 aromatic heterocycles. The summed E-state index contributed by atoms with van der Waals surface area (Å²) in [7, 11) is 0. The molecule has 0 atom stereocenters. The van der Waals surface area contributed by atoms with Gasteiger partial charge in [0.25, 0.3) is 33.9 Å². The second-order valence-electron chi connectivity index (χ2n) is 0. The fourth-order valence-corrected chi connectivity index (χ4v) is 0. The van der Waals surface area contributed by atoms with Gasteiger partial charge in [-0.3, -0.25) is 24.0 Å². The van der Waals surface area contributed by atoms with Crippen LogP contribution in [0, 0.1) is 0 Å². The molecule has 0 spiro atoms. The summed E-state index contributed by atoms with van der Waals surface area (Å²) in [6.45, 7) is 22.5. The SMILES string of the molecule is [C]=O.[C]=O.[C]=O.[C]=O.[C]=O.[Cl].[Mn]. The third-order valence-electron chi connectivity index (χ3n) is 0. The van der Waals surface area contributed by atoms with Crippen molar-refractivity contribution >= 4 is 46.4 Å². The summed E-state index contributed by atoms with van der Waals surface area (Å²) >= 11 is 0. The van der Waals surface area contributed by atoms with Crippen LogP contribution in [-0.4, -0.2) is 33.9 Å². The molecule has 64 valence electrons. The summed E-state index contributed by atoms with van der Waals surface area (Å²) < 4.78 is 0. The van der Waals surface area contributed by atoms with Gasteiger partial charge in [-0.05, 0) is 0 Å². The van der Waals surface area contributed by atoms with Gasteiger partial charge in [0, 0.05) is 29.5 Å². The summed E-state index contributed by atoms with van der Waals surface area (Å²) in [5, 5.41) is 0. The van der Waals surface area contributed by atoms with Crippen molar-refractivity contribution in [3.63, 3.8) is 0 Å². The van der Waals surface area contributed by atoms with Gasteiger partial charge in [0.05, 0.1) is 0 Å². The standard InChI is InChI=1S/5CO.Cl.Mn/c5*1-2;;. The van der Waals surface area contributed by atoms with Crippen LogP contribution < -0.4 is 0 Å². The minimum atomic E-state index is 0. The maximum atomic E-state index is 7.50. The van der Waals surface area contributed by atoms with Crippen LogP contribution in [0.1, 0.15) is 0 Å². The molecule has 0 heterocycles. The van der Waals surface area contributed by atoms with Crippen molar-refractivity contribution in [3.8, 4) is 0 Å². The molecule has 0 aromatic rings. The second-order valence-corrected chi connectivity index (χ2v) is 0. The summed E-state index contributed by atoms with van der Waals surface area (Å²) in [6.07, 6.45) is 0. The Morgan fingerprint density at radius 1 is 0.417 bits per heavy atom. The van der Waals surface area contributed by atoms with Crippen molar-refractivity contribution in [1.29, 1.82) is 0 Å². The second kappa shape index (κ2) is 1210. The Balaban J connectivity index is -0.00000000500. The molecule has 0 unspecified atom stereocenters. The minimum absolute atomic E-state index is 0. The Morgan fingerprint density at radius 2 is 0.417 bits per heavy atom. The quantitative estimate of drug-likeness (QED) is 0.483. The molecule has 12 heavy (non-hydrogen) atoms. The van der Waals surface area contributed by atoms with Crippen molar-refractivity contribution in [2.75, 3.05) is 0 Å². The van der Waals surface area contributed by atoms with Gasteiger partial charge >= 0.3 is 0 Å². The van der Waals surface area contributed by atoms with Gasteiger partial charge < -0.3 is 0 Å². The predicted octanol–water partition coefficient (Wildman–Crippen LogP) is -1.30. The smallest absolute Gasteiger partial charge is 0.281 e. The van der Waals surface area contributed by atoms with Gasteiger partial charge in [-0.15, -0.1) is 0 Å². The Labute approximate surface area is 87.8 Å². The normalized spacial score (nSPS) is 1.67. The maximum Gasteiger partial charge on any atom is 0.281 e. The average molecular weight is 230 g/mol. The largest absolute Gasteiger partial charge is 0.281 e. The minimum Gasteiger partial charge on any atom is -0.281 e. The van der Waals surface area contributed by atoms with Gasteiger partial charge in [0.1, 0.15) is 0 Å². The average Bonchev–Trinajstić information content (AvgIpc) is 2.20. The van der Waals surface area contributed by atoms with Crippen LogP contribution >= 0.6 is 12.4 Å². The fraction of sp³-hybridized carbons (Fsp3) is 0. The first-order valence-electron chi connectivity index (χ1n) is 1.02. The molecule has 0 saturated heterocycles. The Kier molecular flexibility index (Phi) is 6690. The number of rotatable bonds is 0. The van der Waals surface area contributed by atoms with E-state index in [1.807, 2.05) is 0 Å². The Morgan fingerprint density at radius 3 is 0.417 bits per heavy atom. The van der Waals surface area contributed by atoms with Gasteiger partial charge in [-0.1, -0.05) is 0 Å². The van der Waals surface area contributed by atoms with Crippen LogP contribution in [0.4, 0.5) is 0 Å². The molecular formula is C5ClMnO5. The fourth-order valence-electron chi connectivity index (χ4n) is 0. The zero-order valence-corrected chi connectivity index (χ0v) is 7.23. The van der Waals surface area contributed by atoms with Crippen LogP contribution in [0.25, 0.3) is 0 Å². The predicted molar refractivity (Wildman–Crippen MR) is 34.3 cm³/mol. The Hall–Kier alpha value is -0.841. The van der Waals surface area contributed by atoms with E-state index in [2.05, 4.69) is 33.9 Å². The van der Waals surface area contributed by atoms with E-state index in [9.17, 15) is 0 Å². The van der Waals surface area contributed by atoms with Crippen LogP contribution in [0.15, 0.2) is 0 Å². The van der Waals surface area contributed by atoms with Gasteiger partial charge in [0.15, 0.2) is 0 Å². The van der Waals surface area contributed by atoms with E-state index in [1.165, 1.54) is 0 Å². The molecule has 0 saturated carbocycles. The summed E-state index contributed by atoms with van der Waals surface area (Å²) in [6, 6.07) is 0. The summed E-state index contributed by atoms with van der Waals surface area (Å²) in [5.74, 6) is 0.